The summed E-state index contributed by atoms with van der Waals surface area (Å²) in [5, 5.41) is 3.15. The van der Waals surface area contributed by atoms with Crippen molar-refractivity contribution in [2.75, 3.05) is 0 Å². The number of nitrogens with one attached hydrogen (secondary N) is 1. The summed E-state index contributed by atoms with van der Waals surface area (Å²) in [6, 6.07) is 14.7. The predicted molar refractivity (Wildman–Crippen MR) is 119 cm³/mol. The van der Waals surface area contributed by atoms with Gasteiger partial charge in [0, 0.05) is 0 Å². The third-order valence-electron chi connectivity index (χ3n) is 5.89. The average Bonchev–Trinajstić information content (AvgIpc) is 2.71. The summed E-state index contributed by atoms with van der Waals surface area (Å²) in [6.45, 7) is 10.6. The summed E-state index contributed by atoms with van der Waals surface area (Å²) in [5.74, 6) is 0.680. The molecule has 1 N–H and O–H groups in total. The Balaban J connectivity index is 1.63. The van der Waals surface area contributed by atoms with Crippen LogP contribution in [-0.4, -0.2) is 12.0 Å². The molecule has 3 rings (SSSR count). The summed E-state index contributed by atoms with van der Waals surface area (Å²) in [5.41, 5.74) is 5.43. The predicted octanol–water partition coefficient (Wildman–Crippen LogP) is 5.90. The highest BCUT2D eigenvalue weighted by molar-refractivity contribution is 5.81. The third-order valence-corrected chi connectivity index (χ3v) is 5.89. The Morgan fingerprint density at radius 2 is 1.69 bits per heavy atom. The van der Waals surface area contributed by atoms with Gasteiger partial charge in [-0.05, 0) is 78.8 Å². The van der Waals surface area contributed by atoms with Gasteiger partial charge in [-0.1, -0.05) is 58.0 Å². The van der Waals surface area contributed by atoms with Crippen LogP contribution < -0.4 is 10.1 Å². The maximum absolute atomic E-state index is 12.8. The van der Waals surface area contributed by atoms with Crippen molar-refractivity contribution >= 4 is 5.91 Å². The lowest BCUT2D eigenvalue weighted by molar-refractivity contribution is -0.128. The number of fused-ring (bicyclic) bond motifs is 1. The summed E-state index contributed by atoms with van der Waals surface area (Å²) < 4.78 is 6.01. The topological polar surface area (TPSA) is 38.3 Å². The molecule has 2 aromatic rings. The van der Waals surface area contributed by atoms with Crippen LogP contribution in [0.2, 0.25) is 0 Å². The van der Waals surface area contributed by atoms with Gasteiger partial charge in [-0.2, -0.15) is 0 Å². The van der Waals surface area contributed by atoms with E-state index < -0.39 is 6.10 Å². The standard InChI is InChI=1S/C26H35NO2/c1-6-24(29-23-15-13-22(14-16-23)26(3,4)5)25(28)27-18(2)20-12-11-19-9-7-8-10-21(19)17-20/h11-18,24H,6-10H2,1-5H3,(H,27,28)/t18-,24+/m1/s1. The van der Waals surface area contributed by atoms with E-state index in [4.69, 9.17) is 4.74 Å². The number of rotatable bonds is 6. The molecule has 0 heterocycles. The van der Waals surface area contributed by atoms with E-state index in [2.05, 4.69) is 56.4 Å². The van der Waals surface area contributed by atoms with Crippen LogP contribution in [0.1, 0.15) is 82.2 Å². The smallest absolute Gasteiger partial charge is 0.261 e. The molecular weight excluding hydrogens is 358 g/mol. The first-order chi connectivity index (χ1) is 13.8. The zero-order valence-corrected chi connectivity index (χ0v) is 18.5. The first-order valence-electron chi connectivity index (χ1n) is 11.0. The average molecular weight is 394 g/mol. The summed E-state index contributed by atoms with van der Waals surface area (Å²) in [6.07, 6.45) is 5.01. The van der Waals surface area contributed by atoms with Crippen molar-refractivity contribution in [1.82, 2.24) is 5.32 Å². The molecule has 3 heteroatoms. The second kappa shape index (κ2) is 9.02. The molecule has 0 saturated heterocycles. The maximum Gasteiger partial charge on any atom is 0.261 e. The summed E-state index contributed by atoms with van der Waals surface area (Å²) in [4.78, 5) is 12.8. The number of amides is 1. The molecule has 2 atom stereocenters. The number of ether oxygens (including phenoxy) is 1. The Morgan fingerprint density at radius 1 is 1.03 bits per heavy atom. The fourth-order valence-corrected chi connectivity index (χ4v) is 3.93. The van der Waals surface area contributed by atoms with E-state index >= 15 is 0 Å². The molecule has 0 radical (unpaired) electrons. The Hall–Kier alpha value is -2.29. The molecule has 1 aliphatic rings. The fraction of sp³-hybridized carbons (Fsp3) is 0.500. The zero-order valence-electron chi connectivity index (χ0n) is 18.5. The highest BCUT2D eigenvalue weighted by Crippen LogP contribution is 2.26. The van der Waals surface area contributed by atoms with Crippen molar-refractivity contribution in [1.29, 1.82) is 0 Å². The fourth-order valence-electron chi connectivity index (χ4n) is 3.93. The second-order valence-electron chi connectivity index (χ2n) is 9.25. The minimum Gasteiger partial charge on any atom is -0.481 e. The third kappa shape index (κ3) is 5.41. The SMILES string of the molecule is CC[C@H](Oc1ccc(C(C)(C)C)cc1)C(=O)N[C@H](C)c1ccc2c(c1)CCCC2. The normalized spacial score (nSPS) is 15.9. The molecule has 0 unspecified atom stereocenters. The lowest BCUT2D eigenvalue weighted by Crippen LogP contribution is -2.39. The molecule has 156 valence electrons. The van der Waals surface area contributed by atoms with E-state index in [9.17, 15) is 4.79 Å². The Kier molecular flexibility index (Phi) is 6.66. The molecule has 1 aliphatic carbocycles. The van der Waals surface area contributed by atoms with Gasteiger partial charge in [-0.3, -0.25) is 4.79 Å². The Labute approximate surface area is 175 Å². The molecule has 0 bridgehead atoms. The van der Waals surface area contributed by atoms with Crippen LogP contribution in [0.3, 0.4) is 0 Å². The maximum atomic E-state index is 12.8. The molecule has 29 heavy (non-hydrogen) atoms. The lowest BCUT2D eigenvalue weighted by atomic mass is 9.87. The number of carbonyl (C=O) groups is 1. The van der Waals surface area contributed by atoms with E-state index in [-0.39, 0.29) is 17.4 Å². The van der Waals surface area contributed by atoms with Gasteiger partial charge in [0.15, 0.2) is 6.10 Å². The van der Waals surface area contributed by atoms with E-state index in [1.54, 1.807) is 0 Å². The van der Waals surface area contributed by atoms with Gasteiger partial charge in [-0.15, -0.1) is 0 Å². The largest absolute Gasteiger partial charge is 0.481 e. The molecule has 1 amide bonds. The molecule has 0 spiro atoms. The highest BCUT2D eigenvalue weighted by Gasteiger charge is 2.22. The number of benzene rings is 2. The molecular formula is C26H35NO2. The minimum absolute atomic E-state index is 0.0318. The Morgan fingerprint density at radius 3 is 2.31 bits per heavy atom. The summed E-state index contributed by atoms with van der Waals surface area (Å²) >= 11 is 0. The first kappa shape index (κ1) is 21.4. The molecule has 0 saturated carbocycles. The van der Waals surface area contributed by atoms with Crippen molar-refractivity contribution in [2.24, 2.45) is 0 Å². The van der Waals surface area contributed by atoms with Crippen LogP contribution in [-0.2, 0) is 23.1 Å². The number of hydrogen-bond donors (Lipinski definition) is 1. The zero-order chi connectivity index (χ0) is 21.0. The van der Waals surface area contributed by atoms with Gasteiger partial charge in [0.2, 0.25) is 0 Å². The van der Waals surface area contributed by atoms with Gasteiger partial charge in [0.05, 0.1) is 6.04 Å². The van der Waals surface area contributed by atoms with Crippen LogP contribution in [0, 0.1) is 0 Å². The molecule has 0 fully saturated rings. The van der Waals surface area contributed by atoms with Crippen molar-refractivity contribution in [3.63, 3.8) is 0 Å². The van der Waals surface area contributed by atoms with E-state index in [0.29, 0.717) is 6.42 Å². The quantitative estimate of drug-likeness (QED) is 0.664. The van der Waals surface area contributed by atoms with Crippen LogP contribution in [0.4, 0.5) is 0 Å². The molecule has 0 aliphatic heterocycles. The van der Waals surface area contributed by atoms with E-state index in [1.165, 1.54) is 41.5 Å². The second-order valence-corrected chi connectivity index (χ2v) is 9.25. The number of carbonyl (C=O) groups excluding carboxylic acids is 1. The van der Waals surface area contributed by atoms with Crippen molar-refractivity contribution < 1.29 is 9.53 Å². The van der Waals surface area contributed by atoms with Crippen molar-refractivity contribution in [3.8, 4) is 5.75 Å². The van der Waals surface area contributed by atoms with Crippen molar-refractivity contribution in [3.05, 3.63) is 64.7 Å². The van der Waals surface area contributed by atoms with Gasteiger partial charge < -0.3 is 10.1 Å². The van der Waals surface area contributed by atoms with Crippen LogP contribution in [0.5, 0.6) is 5.75 Å². The molecule has 3 nitrogen and oxygen atoms in total. The molecule has 0 aromatic heterocycles. The van der Waals surface area contributed by atoms with Gasteiger partial charge in [-0.25, -0.2) is 0 Å². The summed E-state index contributed by atoms with van der Waals surface area (Å²) in [7, 11) is 0. The van der Waals surface area contributed by atoms with Crippen LogP contribution >= 0.6 is 0 Å². The number of hydrogen-bond acceptors (Lipinski definition) is 2. The van der Waals surface area contributed by atoms with E-state index in [0.717, 1.165) is 12.2 Å². The van der Waals surface area contributed by atoms with Gasteiger partial charge in [0.1, 0.15) is 5.75 Å². The van der Waals surface area contributed by atoms with Crippen molar-refractivity contribution in [2.45, 2.75) is 84.3 Å². The van der Waals surface area contributed by atoms with Gasteiger partial charge >= 0.3 is 0 Å². The first-order valence-corrected chi connectivity index (χ1v) is 11.0. The van der Waals surface area contributed by atoms with Crippen LogP contribution in [0.25, 0.3) is 0 Å². The van der Waals surface area contributed by atoms with Gasteiger partial charge in [0.25, 0.3) is 5.91 Å². The van der Waals surface area contributed by atoms with Crippen LogP contribution in [0.15, 0.2) is 42.5 Å². The van der Waals surface area contributed by atoms with E-state index in [1.807, 2.05) is 26.0 Å². The Bertz CT molecular complexity index is 833. The lowest BCUT2D eigenvalue weighted by Gasteiger charge is -2.23. The molecule has 2 aromatic carbocycles. The highest BCUT2D eigenvalue weighted by atomic mass is 16.5. The monoisotopic (exact) mass is 393 g/mol. The number of aryl methyl sites for hydroxylation is 2. The minimum atomic E-state index is -0.490.